The summed E-state index contributed by atoms with van der Waals surface area (Å²) in [4.78, 5) is 20.5. The molecule has 5 heteroatoms. The van der Waals surface area contributed by atoms with E-state index in [0.717, 1.165) is 50.5 Å². The number of allylic oxidation sites excluding steroid dienone is 10. The van der Waals surface area contributed by atoms with Crippen LogP contribution in [0.15, 0.2) is 67.0 Å². The number of unbranched alkanes of at least 4 members (excludes halogenated alkanes) is 1. The minimum Gasteiger partial charge on any atom is -0.326 e. The van der Waals surface area contributed by atoms with Crippen molar-refractivity contribution in [2.75, 3.05) is 5.32 Å². The second-order valence-corrected chi connectivity index (χ2v) is 7.14. The van der Waals surface area contributed by atoms with Gasteiger partial charge < -0.3 is 11.1 Å². The first-order chi connectivity index (χ1) is 15.2. The summed E-state index contributed by atoms with van der Waals surface area (Å²) in [6.07, 6.45) is 30.6. The third-order valence-electron chi connectivity index (χ3n) is 4.40. The Morgan fingerprint density at radius 3 is 2.03 bits per heavy atom. The summed E-state index contributed by atoms with van der Waals surface area (Å²) in [5.41, 5.74) is 6.41. The van der Waals surface area contributed by atoms with Crippen molar-refractivity contribution in [3.05, 3.63) is 78.3 Å². The second kappa shape index (κ2) is 18.0. The molecule has 0 unspecified atom stereocenters. The van der Waals surface area contributed by atoms with Crippen molar-refractivity contribution < 1.29 is 4.79 Å². The smallest absolute Gasteiger partial charge is 0.225 e. The average Bonchev–Trinajstić information content (AvgIpc) is 2.76. The Labute approximate surface area is 188 Å². The highest BCUT2D eigenvalue weighted by atomic mass is 16.1. The summed E-state index contributed by atoms with van der Waals surface area (Å²) < 4.78 is 0. The molecule has 0 saturated heterocycles. The molecule has 0 aliphatic carbocycles. The number of rotatable bonds is 15. The average molecular weight is 423 g/mol. The van der Waals surface area contributed by atoms with Crippen LogP contribution in [0.2, 0.25) is 0 Å². The number of carbonyl (C=O) groups is 1. The van der Waals surface area contributed by atoms with Gasteiger partial charge in [0.25, 0.3) is 0 Å². The summed E-state index contributed by atoms with van der Waals surface area (Å²) in [5, 5.41) is 2.84. The standard InChI is InChI=1S/C26H38N4O/c1-3-4-5-6-7-8-9-10-11-12-13-14-15-16-17-18-19-20-25(31)30-26-24(21-27)22-28-23(2)29-26/h4-5,7-8,10-11,13-14,16-17,22H,3,6,9,12,15,18-21,27H2,1-2H3,(H,28,29,30,31). The van der Waals surface area contributed by atoms with Crippen LogP contribution >= 0.6 is 0 Å². The summed E-state index contributed by atoms with van der Waals surface area (Å²) in [6.45, 7) is 4.24. The number of amides is 1. The van der Waals surface area contributed by atoms with E-state index in [4.69, 9.17) is 5.73 Å². The first-order valence-corrected chi connectivity index (χ1v) is 11.2. The number of aryl methyl sites for hydroxylation is 1. The predicted octanol–water partition coefficient (Wildman–Crippen LogP) is 6.10. The van der Waals surface area contributed by atoms with Gasteiger partial charge in [-0.2, -0.15) is 0 Å². The first kappa shape index (κ1) is 26.2. The highest BCUT2D eigenvalue weighted by molar-refractivity contribution is 5.90. The molecule has 1 heterocycles. The highest BCUT2D eigenvalue weighted by Crippen LogP contribution is 2.11. The minimum atomic E-state index is -0.0415. The fourth-order valence-corrected chi connectivity index (χ4v) is 2.70. The number of nitrogens with zero attached hydrogens (tertiary/aromatic N) is 2. The molecule has 1 amide bonds. The van der Waals surface area contributed by atoms with E-state index in [9.17, 15) is 4.79 Å². The van der Waals surface area contributed by atoms with Gasteiger partial charge in [-0.3, -0.25) is 4.79 Å². The molecule has 0 radical (unpaired) electrons. The number of anilines is 1. The van der Waals surface area contributed by atoms with Gasteiger partial charge in [-0.1, -0.05) is 67.7 Å². The van der Waals surface area contributed by atoms with E-state index >= 15 is 0 Å². The normalized spacial score (nSPS) is 12.4. The quantitative estimate of drug-likeness (QED) is 0.264. The second-order valence-electron chi connectivity index (χ2n) is 7.14. The molecule has 5 nitrogen and oxygen atoms in total. The van der Waals surface area contributed by atoms with Gasteiger partial charge >= 0.3 is 0 Å². The zero-order chi connectivity index (χ0) is 22.6. The molecule has 0 saturated carbocycles. The van der Waals surface area contributed by atoms with Gasteiger partial charge in [0.05, 0.1) is 0 Å². The summed E-state index contributed by atoms with van der Waals surface area (Å²) in [6, 6.07) is 0. The lowest BCUT2D eigenvalue weighted by Crippen LogP contribution is -2.16. The van der Waals surface area contributed by atoms with Crippen LogP contribution in [-0.2, 0) is 11.3 Å². The lowest BCUT2D eigenvalue weighted by atomic mass is 10.2. The van der Waals surface area contributed by atoms with Crippen LogP contribution < -0.4 is 11.1 Å². The van der Waals surface area contributed by atoms with E-state index in [0.29, 0.717) is 24.6 Å². The summed E-state index contributed by atoms with van der Waals surface area (Å²) >= 11 is 0. The molecule has 168 valence electrons. The molecule has 0 aliphatic heterocycles. The highest BCUT2D eigenvalue weighted by Gasteiger charge is 2.08. The van der Waals surface area contributed by atoms with Crippen LogP contribution in [0.25, 0.3) is 0 Å². The Hall–Kier alpha value is -2.79. The zero-order valence-corrected chi connectivity index (χ0v) is 19.1. The Bertz CT molecular complexity index is 776. The maximum Gasteiger partial charge on any atom is 0.225 e. The maximum absolute atomic E-state index is 12.1. The Morgan fingerprint density at radius 2 is 1.48 bits per heavy atom. The van der Waals surface area contributed by atoms with E-state index in [1.807, 2.05) is 0 Å². The van der Waals surface area contributed by atoms with Gasteiger partial charge in [0.2, 0.25) is 5.91 Å². The van der Waals surface area contributed by atoms with Crippen LogP contribution in [0.3, 0.4) is 0 Å². The van der Waals surface area contributed by atoms with Crippen LogP contribution in [0, 0.1) is 6.92 Å². The Balaban J connectivity index is 2.09. The largest absolute Gasteiger partial charge is 0.326 e. The molecule has 3 N–H and O–H groups in total. The third-order valence-corrected chi connectivity index (χ3v) is 4.40. The molecule has 1 aromatic rings. The van der Waals surface area contributed by atoms with Crippen molar-refractivity contribution in [1.82, 2.24) is 9.97 Å². The number of hydrogen-bond donors (Lipinski definition) is 2. The van der Waals surface area contributed by atoms with Crippen molar-refractivity contribution >= 4 is 11.7 Å². The molecule has 0 aromatic carbocycles. The fraction of sp³-hybridized carbons (Fsp3) is 0.423. The van der Waals surface area contributed by atoms with E-state index < -0.39 is 0 Å². The van der Waals surface area contributed by atoms with Gasteiger partial charge in [-0.15, -0.1) is 0 Å². The molecule has 0 fully saturated rings. The topological polar surface area (TPSA) is 80.9 Å². The minimum absolute atomic E-state index is 0.0415. The number of nitrogens with two attached hydrogens (primary N) is 1. The van der Waals surface area contributed by atoms with Crippen molar-refractivity contribution in [3.8, 4) is 0 Å². The number of hydrogen-bond acceptors (Lipinski definition) is 4. The number of nitrogens with one attached hydrogen (secondary N) is 1. The summed E-state index contributed by atoms with van der Waals surface area (Å²) in [5.74, 6) is 1.10. The fourth-order valence-electron chi connectivity index (χ4n) is 2.70. The monoisotopic (exact) mass is 422 g/mol. The van der Waals surface area contributed by atoms with Crippen LogP contribution in [0.1, 0.15) is 69.7 Å². The van der Waals surface area contributed by atoms with Gasteiger partial charge in [0.15, 0.2) is 0 Å². The lowest BCUT2D eigenvalue weighted by molar-refractivity contribution is -0.116. The van der Waals surface area contributed by atoms with Crippen molar-refractivity contribution in [2.45, 2.75) is 71.8 Å². The van der Waals surface area contributed by atoms with Crippen molar-refractivity contribution in [1.29, 1.82) is 0 Å². The molecule has 1 aromatic heterocycles. The van der Waals surface area contributed by atoms with E-state index in [1.165, 1.54) is 0 Å². The van der Waals surface area contributed by atoms with Crippen molar-refractivity contribution in [2.24, 2.45) is 5.73 Å². The van der Waals surface area contributed by atoms with Crippen molar-refractivity contribution in [3.63, 3.8) is 0 Å². The van der Waals surface area contributed by atoms with E-state index in [1.54, 1.807) is 13.1 Å². The molecular weight excluding hydrogens is 384 g/mol. The molecular formula is C26H38N4O. The van der Waals surface area contributed by atoms with Gasteiger partial charge in [0, 0.05) is 24.7 Å². The predicted molar refractivity (Wildman–Crippen MR) is 132 cm³/mol. The first-order valence-electron chi connectivity index (χ1n) is 11.2. The molecule has 0 spiro atoms. The lowest BCUT2D eigenvalue weighted by Gasteiger charge is -2.08. The van der Waals surface area contributed by atoms with Gasteiger partial charge in [0.1, 0.15) is 11.6 Å². The summed E-state index contributed by atoms with van der Waals surface area (Å²) in [7, 11) is 0. The van der Waals surface area contributed by atoms with Gasteiger partial charge in [-0.05, 0) is 51.9 Å². The number of carbonyl (C=O) groups excluding carboxylic acids is 1. The van der Waals surface area contributed by atoms with E-state index in [-0.39, 0.29) is 5.91 Å². The number of aromatic nitrogens is 2. The SMILES string of the molecule is CCC=CCC=CCC=CCC=CCC=CCCCC(=O)Nc1nc(C)ncc1CN. The molecule has 1 rings (SSSR count). The molecule has 0 bridgehead atoms. The Morgan fingerprint density at radius 1 is 0.935 bits per heavy atom. The maximum atomic E-state index is 12.1. The van der Waals surface area contributed by atoms with Crippen LogP contribution in [0.5, 0.6) is 0 Å². The molecule has 31 heavy (non-hydrogen) atoms. The zero-order valence-electron chi connectivity index (χ0n) is 19.1. The Kier molecular flexibility index (Phi) is 15.3. The molecule has 0 atom stereocenters. The van der Waals surface area contributed by atoms with E-state index in [2.05, 4.69) is 83.0 Å². The van der Waals surface area contributed by atoms with Gasteiger partial charge in [-0.25, -0.2) is 9.97 Å². The van der Waals surface area contributed by atoms with Crippen LogP contribution in [-0.4, -0.2) is 15.9 Å². The van der Waals surface area contributed by atoms with Crippen LogP contribution in [0.4, 0.5) is 5.82 Å². The third kappa shape index (κ3) is 13.9. The molecule has 0 aliphatic rings.